The summed E-state index contributed by atoms with van der Waals surface area (Å²) in [5, 5.41) is 13.2. The standard InChI is InChI=1S/C21H25NO3S/c1-16-21(2,3)19-15-18(17-9-5-4-6-10-17)11-12-20(19)22(16)13-7-8-14-26-25-24-23/h4-6,9-12,15H,7-8,13-14H2,1-3H3. The van der Waals surface area contributed by atoms with E-state index in [1.54, 1.807) is 0 Å². The fourth-order valence-corrected chi connectivity index (χ4v) is 4.00. The molecule has 0 unspecified atom stereocenters. The van der Waals surface area contributed by atoms with Crippen LogP contribution in [0.25, 0.3) is 11.1 Å². The minimum Gasteiger partial charge on any atom is -0.691 e. The van der Waals surface area contributed by atoms with Crippen LogP contribution in [-0.2, 0) is 14.8 Å². The van der Waals surface area contributed by atoms with Crippen LogP contribution in [0.3, 0.4) is 0 Å². The van der Waals surface area contributed by atoms with E-state index >= 15 is 0 Å². The molecule has 1 aliphatic rings. The highest BCUT2D eigenvalue weighted by molar-refractivity contribution is 7.94. The van der Waals surface area contributed by atoms with E-state index < -0.39 is 0 Å². The van der Waals surface area contributed by atoms with Gasteiger partial charge in [0, 0.05) is 42.8 Å². The fourth-order valence-electron chi connectivity index (χ4n) is 3.57. The molecule has 1 aliphatic heterocycles. The van der Waals surface area contributed by atoms with Crippen LogP contribution in [0, 0.1) is 0 Å². The molecule has 0 aliphatic carbocycles. The van der Waals surface area contributed by atoms with Gasteiger partial charge in [0.2, 0.25) is 5.69 Å². The average molecular weight is 372 g/mol. The van der Waals surface area contributed by atoms with E-state index in [1.165, 1.54) is 28.1 Å². The van der Waals surface area contributed by atoms with Crippen molar-refractivity contribution in [1.29, 1.82) is 0 Å². The zero-order valence-electron chi connectivity index (χ0n) is 15.5. The van der Waals surface area contributed by atoms with Crippen LogP contribution in [-0.4, -0.2) is 22.6 Å². The molecule has 2 aromatic carbocycles. The van der Waals surface area contributed by atoms with Crippen molar-refractivity contribution in [3.63, 3.8) is 0 Å². The third kappa shape index (κ3) is 3.86. The van der Waals surface area contributed by atoms with E-state index in [1.807, 2.05) is 6.07 Å². The van der Waals surface area contributed by atoms with Crippen molar-refractivity contribution in [3.05, 3.63) is 54.1 Å². The molecule has 1 heterocycles. The number of hydrogen-bond donors (Lipinski definition) is 0. The van der Waals surface area contributed by atoms with Crippen LogP contribution in [0.15, 0.2) is 48.5 Å². The number of rotatable bonds is 8. The molecular weight excluding hydrogens is 346 g/mol. The summed E-state index contributed by atoms with van der Waals surface area (Å²) in [6.45, 7) is 7.79. The number of nitrogens with zero attached hydrogens (tertiary/aromatic N) is 1. The molecular formula is C21H25NO3S. The third-order valence-electron chi connectivity index (χ3n) is 5.31. The molecule has 0 bridgehead atoms. The van der Waals surface area contributed by atoms with E-state index in [0.29, 0.717) is 0 Å². The molecule has 0 saturated heterocycles. The molecule has 3 rings (SSSR count). The number of fused-ring (bicyclic) bond motifs is 1. The minimum atomic E-state index is 0.0222. The maximum atomic E-state index is 9.80. The first-order valence-corrected chi connectivity index (χ1v) is 9.86. The lowest BCUT2D eigenvalue weighted by Crippen LogP contribution is -2.26. The van der Waals surface area contributed by atoms with Crippen molar-refractivity contribution in [2.45, 2.75) is 39.0 Å². The SMILES string of the molecule is CC1=[N+](CCCCSOO[O-])c2ccc(-c3ccccc3)cc2C1(C)C. The molecule has 2 aromatic rings. The lowest BCUT2D eigenvalue weighted by molar-refractivity contribution is -0.777. The number of benzene rings is 2. The largest absolute Gasteiger partial charge is 0.691 e. The molecule has 4 nitrogen and oxygen atoms in total. The molecule has 0 atom stereocenters. The number of unbranched alkanes of at least 4 members (excludes halogenated alkanes) is 1. The Hall–Kier alpha value is -1.66. The third-order valence-corrected chi connectivity index (χ3v) is 5.92. The molecule has 26 heavy (non-hydrogen) atoms. The zero-order valence-corrected chi connectivity index (χ0v) is 16.3. The van der Waals surface area contributed by atoms with E-state index in [9.17, 15) is 5.26 Å². The maximum absolute atomic E-state index is 9.80. The summed E-state index contributed by atoms with van der Waals surface area (Å²) < 4.78 is 6.74. The second kappa shape index (κ2) is 8.35. The normalized spacial score (nSPS) is 15.4. The number of hydrogen-bond acceptors (Lipinski definition) is 4. The first-order chi connectivity index (χ1) is 12.6. The van der Waals surface area contributed by atoms with Crippen molar-refractivity contribution >= 4 is 23.4 Å². The average Bonchev–Trinajstić information content (AvgIpc) is 2.85. The van der Waals surface area contributed by atoms with Crippen LogP contribution >= 0.6 is 12.0 Å². The Morgan fingerprint density at radius 1 is 1.04 bits per heavy atom. The first kappa shape index (κ1) is 19.1. The van der Waals surface area contributed by atoms with E-state index in [2.05, 4.69) is 77.2 Å². The van der Waals surface area contributed by atoms with Gasteiger partial charge in [0.1, 0.15) is 6.54 Å². The Morgan fingerprint density at radius 3 is 2.54 bits per heavy atom. The van der Waals surface area contributed by atoms with E-state index in [0.717, 1.165) is 37.2 Å². The molecule has 0 fully saturated rings. The Morgan fingerprint density at radius 2 is 1.81 bits per heavy atom. The van der Waals surface area contributed by atoms with E-state index in [-0.39, 0.29) is 5.41 Å². The highest BCUT2D eigenvalue weighted by Gasteiger charge is 2.42. The Bertz CT molecular complexity index is 787. The highest BCUT2D eigenvalue weighted by Crippen LogP contribution is 2.41. The van der Waals surface area contributed by atoms with Gasteiger partial charge in [-0.3, -0.25) is 5.04 Å². The maximum Gasteiger partial charge on any atom is 0.209 e. The first-order valence-electron chi connectivity index (χ1n) is 8.95. The van der Waals surface area contributed by atoms with Crippen LogP contribution < -0.4 is 5.26 Å². The van der Waals surface area contributed by atoms with Crippen LogP contribution in [0.2, 0.25) is 0 Å². The predicted molar refractivity (Wildman–Crippen MR) is 104 cm³/mol. The van der Waals surface area contributed by atoms with Gasteiger partial charge >= 0.3 is 0 Å². The summed E-state index contributed by atoms with van der Waals surface area (Å²) in [6, 6.07) is 17.3. The van der Waals surface area contributed by atoms with Crippen LogP contribution in [0.4, 0.5) is 5.69 Å². The van der Waals surface area contributed by atoms with Crippen LogP contribution in [0.1, 0.15) is 39.2 Å². The van der Waals surface area contributed by atoms with Crippen molar-refractivity contribution in [3.8, 4) is 11.1 Å². The second-order valence-corrected chi connectivity index (χ2v) is 7.91. The molecule has 0 spiro atoms. The van der Waals surface area contributed by atoms with Gasteiger partial charge in [-0.1, -0.05) is 30.3 Å². The van der Waals surface area contributed by atoms with Crippen molar-refractivity contribution in [1.82, 2.24) is 0 Å². The molecule has 0 aromatic heterocycles. The van der Waals surface area contributed by atoms with Gasteiger partial charge in [0.15, 0.2) is 5.71 Å². The van der Waals surface area contributed by atoms with Gasteiger partial charge in [-0.2, -0.15) is 8.91 Å². The quantitative estimate of drug-likeness (QED) is 0.227. The summed E-state index contributed by atoms with van der Waals surface area (Å²) in [7, 11) is 0. The highest BCUT2D eigenvalue weighted by atomic mass is 32.2. The van der Waals surface area contributed by atoms with Gasteiger partial charge in [0.05, 0.1) is 5.41 Å². The minimum absolute atomic E-state index is 0.0222. The van der Waals surface area contributed by atoms with Crippen molar-refractivity contribution < 1.29 is 19.2 Å². The fraction of sp³-hybridized carbons (Fsp3) is 0.381. The zero-order chi connectivity index (χ0) is 18.6. The van der Waals surface area contributed by atoms with Gasteiger partial charge in [0.25, 0.3) is 0 Å². The predicted octanol–water partition coefficient (Wildman–Crippen LogP) is 4.40. The topological polar surface area (TPSA) is 44.5 Å². The lowest BCUT2D eigenvalue weighted by atomic mass is 9.81. The molecule has 0 amide bonds. The summed E-state index contributed by atoms with van der Waals surface area (Å²) in [4.78, 5) is 0. The van der Waals surface area contributed by atoms with Gasteiger partial charge < -0.3 is 5.26 Å². The Kier molecular flexibility index (Phi) is 6.14. The summed E-state index contributed by atoms with van der Waals surface area (Å²) in [5.74, 6) is 0.748. The Labute approximate surface area is 159 Å². The van der Waals surface area contributed by atoms with Crippen LogP contribution in [0.5, 0.6) is 0 Å². The second-order valence-electron chi connectivity index (χ2n) is 7.13. The summed E-state index contributed by atoms with van der Waals surface area (Å²) in [6.07, 6.45) is 2.00. The van der Waals surface area contributed by atoms with Gasteiger partial charge in [-0.25, -0.2) is 0 Å². The smallest absolute Gasteiger partial charge is 0.209 e. The Balaban J connectivity index is 1.78. The van der Waals surface area contributed by atoms with Gasteiger partial charge in [-0.05, 0) is 43.5 Å². The molecule has 0 N–H and O–H groups in total. The molecule has 5 heteroatoms. The van der Waals surface area contributed by atoms with E-state index in [4.69, 9.17) is 0 Å². The summed E-state index contributed by atoms with van der Waals surface area (Å²) in [5.41, 5.74) is 6.60. The van der Waals surface area contributed by atoms with Gasteiger partial charge in [-0.15, -0.1) is 0 Å². The van der Waals surface area contributed by atoms with Crippen molar-refractivity contribution in [2.75, 3.05) is 12.3 Å². The molecule has 138 valence electrons. The summed E-state index contributed by atoms with van der Waals surface area (Å²) >= 11 is 1.06. The monoisotopic (exact) mass is 371 g/mol. The lowest BCUT2D eigenvalue weighted by Gasteiger charge is -2.16. The molecule has 0 saturated carbocycles. The molecule has 0 radical (unpaired) electrons. The van der Waals surface area contributed by atoms with Crippen molar-refractivity contribution in [2.24, 2.45) is 0 Å².